The van der Waals surface area contributed by atoms with Gasteiger partial charge in [0.1, 0.15) is 30.2 Å². The smallest absolute Gasteiger partial charge is 0.326 e. The molecule has 2 heterocycles. The number of carboxylic acids is 1. The molecule has 0 bridgehead atoms. The van der Waals surface area contributed by atoms with Crippen molar-refractivity contribution in [2.75, 3.05) is 26.2 Å². The molecule has 2 fully saturated rings. The van der Waals surface area contributed by atoms with Crippen LogP contribution in [-0.2, 0) is 24.0 Å². The third kappa shape index (κ3) is 9.80. The van der Waals surface area contributed by atoms with Crippen LogP contribution in [0.2, 0.25) is 0 Å². The lowest BCUT2D eigenvalue weighted by molar-refractivity contribution is -0.149. The van der Waals surface area contributed by atoms with Crippen LogP contribution in [0.1, 0.15) is 64.7 Å². The van der Waals surface area contributed by atoms with Gasteiger partial charge in [-0.1, -0.05) is 0 Å². The molecule has 0 spiro atoms. The number of hydrogen-bond donors (Lipinski definition) is 8. The number of carbonyl (C=O) groups excluding carboxylic acids is 4. The minimum absolute atomic E-state index is 0.0966. The highest BCUT2D eigenvalue weighted by molar-refractivity contribution is 5.96. The lowest BCUT2D eigenvalue weighted by atomic mass is 10.1. The number of amides is 4. The number of carboxylic acid groups (broad SMARTS) is 1. The van der Waals surface area contributed by atoms with E-state index in [1.54, 1.807) is 0 Å². The Morgan fingerprint density at radius 3 is 2.14 bits per heavy atom. The number of rotatable bonds is 16. The van der Waals surface area contributed by atoms with Crippen LogP contribution in [-0.4, -0.2) is 118 Å². The Balaban J connectivity index is 2.12. The number of likely N-dealkylation sites (tertiary alicyclic amines) is 2. The quantitative estimate of drug-likeness (QED) is 0.0501. The van der Waals surface area contributed by atoms with Crippen LogP contribution in [0.5, 0.6) is 0 Å². The lowest BCUT2D eigenvalue weighted by Gasteiger charge is -2.33. The summed E-state index contributed by atoms with van der Waals surface area (Å²) in [7, 11) is 0. The maximum absolute atomic E-state index is 13.7. The van der Waals surface area contributed by atoms with Gasteiger partial charge < -0.3 is 53.6 Å². The summed E-state index contributed by atoms with van der Waals surface area (Å²) < 4.78 is 0. The van der Waals surface area contributed by atoms with Gasteiger partial charge in [-0.2, -0.15) is 0 Å². The number of nitrogens with two attached hydrogens (primary N) is 4. The largest absolute Gasteiger partial charge is 0.480 e. The molecular formula is C26H47N9O7. The number of aliphatic carboxylic acids is 1. The monoisotopic (exact) mass is 597 g/mol. The minimum Gasteiger partial charge on any atom is -0.480 e. The molecule has 6 atom stereocenters. The predicted molar refractivity (Wildman–Crippen MR) is 153 cm³/mol. The van der Waals surface area contributed by atoms with Crippen molar-refractivity contribution in [2.24, 2.45) is 27.9 Å². The number of aliphatic imine (C=N–C) groups is 1. The molecule has 2 saturated heterocycles. The number of nitrogens with zero attached hydrogens (tertiary/aromatic N) is 3. The summed E-state index contributed by atoms with van der Waals surface area (Å²) in [5.41, 5.74) is 21.9. The van der Waals surface area contributed by atoms with E-state index in [4.69, 9.17) is 22.9 Å². The summed E-state index contributed by atoms with van der Waals surface area (Å²) in [6, 6.07) is -5.08. The maximum Gasteiger partial charge on any atom is 0.326 e. The van der Waals surface area contributed by atoms with Crippen LogP contribution in [0.25, 0.3) is 0 Å². The van der Waals surface area contributed by atoms with Gasteiger partial charge in [0.25, 0.3) is 0 Å². The molecule has 2 aliphatic heterocycles. The van der Waals surface area contributed by atoms with Crippen molar-refractivity contribution in [1.29, 1.82) is 0 Å². The van der Waals surface area contributed by atoms with E-state index < -0.39 is 65.9 Å². The van der Waals surface area contributed by atoms with Crippen molar-refractivity contribution in [3.63, 3.8) is 0 Å². The van der Waals surface area contributed by atoms with Gasteiger partial charge in [-0.25, -0.2) is 4.79 Å². The minimum atomic E-state index is -1.23. The fourth-order valence-electron chi connectivity index (χ4n) is 5.25. The van der Waals surface area contributed by atoms with E-state index in [9.17, 15) is 34.2 Å². The summed E-state index contributed by atoms with van der Waals surface area (Å²) in [6.07, 6.45) is 2.59. The fraction of sp³-hybridized carbons (Fsp3) is 0.769. The lowest BCUT2D eigenvalue weighted by Crippen LogP contribution is -2.58. The zero-order valence-corrected chi connectivity index (χ0v) is 24.2. The summed E-state index contributed by atoms with van der Waals surface area (Å²) in [5, 5.41) is 24.5. The maximum atomic E-state index is 13.7. The number of aliphatic hydroxyl groups is 1. The van der Waals surface area contributed by atoms with Gasteiger partial charge in [0, 0.05) is 19.6 Å². The van der Waals surface area contributed by atoms with Gasteiger partial charge in [-0.3, -0.25) is 24.2 Å². The SMILES string of the molecule is CC(O)C(N)C(=O)NC(CCCCN)C(=O)N1CCC[C@H]1C(=O)N1CCC[C@H]1C(=O)N[C@@H](CCCN=C(N)N)C(=O)O. The number of guanidine groups is 1. The van der Waals surface area contributed by atoms with E-state index >= 15 is 0 Å². The van der Waals surface area contributed by atoms with Crippen LogP contribution >= 0.6 is 0 Å². The van der Waals surface area contributed by atoms with Gasteiger partial charge in [0.05, 0.1) is 6.10 Å². The second kappa shape index (κ2) is 16.8. The van der Waals surface area contributed by atoms with E-state index in [1.165, 1.54) is 16.7 Å². The Kier molecular flexibility index (Phi) is 13.9. The van der Waals surface area contributed by atoms with Crippen molar-refractivity contribution in [3.05, 3.63) is 0 Å². The Bertz CT molecular complexity index is 989. The molecule has 238 valence electrons. The summed E-state index contributed by atoms with van der Waals surface area (Å²) in [5.74, 6) is -3.43. The highest BCUT2D eigenvalue weighted by atomic mass is 16.4. The van der Waals surface area contributed by atoms with Gasteiger partial charge in [0.2, 0.25) is 23.6 Å². The first-order chi connectivity index (χ1) is 19.9. The first kappa shape index (κ1) is 34.7. The zero-order chi connectivity index (χ0) is 31.4. The van der Waals surface area contributed by atoms with Crippen molar-refractivity contribution in [2.45, 2.75) is 101 Å². The Morgan fingerprint density at radius 1 is 0.929 bits per heavy atom. The third-order valence-electron chi connectivity index (χ3n) is 7.60. The number of carbonyl (C=O) groups is 5. The van der Waals surface area contributed by atoms with Crippen LogP contribution in [0.4, 0.5) is 0 Å². The number of hydrogen-bond acceptors (Lipinski definition) is 9. The van der Waals surface area contributed by atoms with Crippen molar-refractivity contribution in [3.8, 4) is 0 Å². The first-order valence-corrected chi connectivity index (χ1v) is 14.5. The molecule has 12 N–H and O–H groups in total. The average Bonchev–Trinajstić information content (AvgIpc) is 3.63. The number of unbranched alkanes of at least 4 members (excludes halogenated alkanes) is 1. The third-order valence-corrected chi connectivity index (χ3v) is 7.60. The van der Waals surface area contributed by atoms with E-state index in [0.717, 1.165) is 0 Å². The average molecular weight is 598 g/mol. The summed E-state index contributed by atoms with van der Waals surface area (Å²) in [6.45, 7) is 2.57. The molecule has 3 unspecified atom stereocenters. The van der Waals surface area contributed by atoms with Crippen molar-refractivity contribution >= 4 is 35.6 Å². The van der Waals surface area contributed by atoms with Gasteiger partial charge >= 0.3 is 5.97 Å². The van der Waals surface area contributed by atoms with Gasteiger partial charge in [-0.15, -0.1) is 0 Å². The predicted octanol–water partition coefficient (Wildman–Crippen LogP) is -3.09. The molecule has 16 heteroatoms. The van der Waals surface area contributed by atoms with Crippen LogP contribution in [0.15, 0.2) is 4.99 Å². The van der Waals surface area contributed by atoms with Gasteiger partial charge in [-0.05, 0) is 71.3 Å². The highest BCUT2D eigenvalue weighted by Gasteiger charge is 2.44. The standard InChI is InChI=1S/C26H47N9O7/c1-15(36)20(28)22(38)32-16(7-2-3-11-27)23(39)35-14-6-10-19(35)24(40)34-13-5-9-18(34)21(37)33-17(25(41)42)8-4-12-31-26(29)30/h15-20,36H,2-14,27-28H2,1H3,(H,32,38)(H,33,37)(H,41,42)(H4,29,30,31)/t15?,16?,17-,18-,19-,20?/m0/s1. The topological polar surface area (TPSA) is 273 Å². The second-order valence-corrected chi connectivity index (χ2v) is 10.8. The molecule has 42 heavy (non-hydrogen) atoms. The van der Waals surface area contributed by atoms with Crippen LogP contribution < -0.4 is 33.6 Å². The highest BCUT2D eigenvalue weighted by Crippen LogP contribution is 2.26. The number of aliphatic hydroxyl groups excluding tert-OH is 1. The van der Waals surface area contributed by atoms with E-state index in [-0.39, 0.29) is 31.9 Å². The molecule has 0 aromatic heterocycles. The van der Waals surface area contributed by atoms with E-state index in [1.807, 2.05) is 0 Å². The molecule has 4 amide bonds. The van der Waals surface area contributed by atoms with Crippen LogP contribution in [0.3, 0.4) is 0 Å². The summed E-state index contributed by atoms with van der Waals surface area (Å²) in [4.78, 5) is 71.5. The molecule has 0 aromatic carbocycles. The summed E-state index contributed by atoms with van der Waals surface area (Å²) >= 11 is 0. The molecule has 16 nitrogen and oxygen atoms in total. The molecule has 2 aliphatic rings. The molecule has 2 rings (SSSR count). The molecule has 0 saturated carbocycles. The Labute approximate surface area is 245 Å². The molecule has 0 radical (unpaired) electrons. The first-order valence-electron chi connectivity index (χ1n) is 14.5. The number of nitrogens with one attached hydrogen (secondary N) is 2. The Morgan fingerprint density at radius 2 is 1.55 bits per heavy atom. The van der Waals surface area contributed by atoms with Crippen molar-refractivity contribution < 1.29 is 34.2 Å². The molecule has 0 aliphatic carbocycles. The second-order valence-electron chi connectivity index (χ2n) is 10.8. The van der Waals surface area contributed by atoms with E-state index in [2.05, 4.69) is 15.6 Å². The van der Waals surface area contributed by atoms with Crippen LogP contribution in [0, 0.1) is 0 Å². The fourth-order valence-corrected chi connectivity index (χ4v) is 5.25. The van der Waals surface area contributed by atoms with Crippen molar-refractivity contribution in [1.82, 2.24) is 20.4 Å². The zero-order valence-electron chi connectivity index (χ0n) is 24.2. The molecule has 0 aromatic rings. The van der Waals surface area contributed by atoms with E-state index in [0.29, 0.717) is 58.0 Å². The normalized spacial score (nSPS) is 21.2. The van der Waals surface area contributed by atoms with Gasteiger partial charge in [0.15, 0.2) is 5.96 Å². The Hall–Kier alpha value is -3.50. The molecular weight excluding hydrogens is 550 g/mol.